The van der Waals surface area contributed by atoms with Crippen LogP contribution in [0, 0.1) is 6.85 Å². The van der Waals surface area contributed by atoms with Crippen LogP contribution in [0.1, 0.15) is 190 Å². The lowest BCUT2D eigenvalue weighted by Crippen LogP contribution is -2.60. The molecule has 2 aromatic heterocycles. The van der Waals surface area contributed by atoms with Crippen LogP contribution in [0.15, 0.2) is 109 Å². The van der Waals surface area contributed by atoms with Crippen molar-refractivity contribution in [1.82, 2.24) is 0 Å². The number of hydrogen-bond donors (Lipinski definition) is 0. The molecule has 352 valence electrons. The summed E-state index contributed by atoms with van der Waals surface area (Å²) in [5.74, 6) is 0. The molecule has 0 bridgehead atoms. The van der Waals surface area contributed by atoms with Gasteiger partial charge in [-0.3, -0.25) is 0 Å². The number of fused-ring (bicyclic) bond motifs is 4. The van der Waals surface area contributed by atoms with Crippen LogP contribution >= 0.6 is 22.7 Å². The van der Waals surface area contributed by atoms with Crippen molar-refractivity contribution >= 4 is 78.5 Å². The van der Waals surface area contributed by atoms with Gasteiger partial charge in [0.25, 0.3) is 6.71 Å². The Hall–Kier alpha value is -4.84. The molecule has 0 saturated carbocycles. The number of thiophene rings is 2. The minimum atomic E-state index is -3.35. The summed E-state index contributed by atoms with van der Waals surface area (Å²) in [6.45, 7) is 28.0. The second-order valence-electron chi connectivity index (χ2n) is 24.4. The van der Waals surface area contributed by atoms with Crippen LogP contribution in [0.3, 0.4) is 0 Å². The second-order valence-corrected chi connectivity index (χ2v) is 26.5. The van der Waals surface area contributed by atoms with Gasteiger partial charge in [0.05, 0.1) is 45.4 Å². The Bertz CT molecular complexity index is 4130. The molecule has 68 heavy (non-hydrogen) atoms. The van der Waals surface area contributed by atoms with E-state index in [2.05, 4.69) is 0 Å². The SMILES string of the molecule is [2H]c1c([2H])c(C(C)(C)C)c([2H])c([2H])c1-c1c([2H])c(C(C)(C)C)c([2H])c([2H])c1N1c2sc(C(C)(C)C)cc2B2c3sc(C(C)(C)C)c([2H])c3N(c3c([2H])c([2H])c(C(C)(C)C)c([2H])c3-c3c([2H])c([2H])c(C(C)(C)C)c([2H])c3[2H])c3c([2H])c(C([2H])([2H])[2H])c([2H])c1c32. The Morgan fingerprint density at radius 1 is 0.426 bits per heavy atom. The van der Waals surface area contributed by atoms with Gasteiger partial charge in [0.1, 0.15) is 0 Å². The molecule has 9 rings (SSSR count). The molecule has 5 heteroatoms. The molecule has 0 saturated heterocycles. The first-order valence-electron chi connectivity index (χ1n) is 33.4. The highest BCUT2D eigenvalue weighted by Crippen LogP contribution is 2.53. The maximum atomic E-state index is 10.5. The molecular weight excluding hydrogens is 860 g/mol. The van der Waals surface area contributed by atoms with Crippen molar-refractivity contribution in [3.8, 4) is 22.3 Å². The minimum Gasteiger partial charge on any atom is -0.310 e. The van der Waals surface area contributed by atoms with Crippen molar-refractivity contribution in [1.29, 1.82) is 0 Å². The second kappa shape index (κ2) is 16.1. The van der Waals surface area contributed by atoms with Crippen molar-refractivity contribution < 1.29 is 27.4 Å². The van der Waals surface area contributed by atoms with E-state index >= 15 is 0 Å². The van der Waals surface area contributed by atoms with Crippen LogP contribution in [0.5, 0.6) is 0 Å². The third-order valence-corrected chi connectivity index (χ3v) is 15.5. The van der Waals surface area contributed by atoms with Crippen LogP contribution in [0.25, 0.3) is 22.3 Å². The zero-order valence-corrected chi connectivity index (χ0v) is 44.5. The summed E-state index contributed by atoms with van der Waals surface area (Å²) < 4.78 is 198. The first kappa shape index (κ1) is 29.4. The first-order valence-corrected chi connectivity index (χ1v) is 25.0. The van der Waals surface area contributed by atoms with Crippen LogP contribution in [0.4, 0.5) is 33.4 Å². The van der Waals surface area contributed by atoms with E-state index in [1.54, 1.807) is 83.1 Å². The maximum absolute atomic E-state index is 10.5. The summed E-state index contributed by atoms with van der Waals surface area (Å²) in [5, 5.41) is 0.257. The maximum Gasteiger partial charge on any atom is 0.265 e. The minimum absolute atomic E-state index is 0.000132. The van der Waals surface area contributed by atoms with Gasteiger partial charge in [-0.15, -0.1) is 11.3 Å². The van der Waals surface area contributed by atoms with E-state index in [1.807, 2.05) is 47.6 Å². The highest BCUT2D eigenvalue weighted by atomic mass is 32.1. The van der Waals surface area contributed by atoms with Gasteiger partial charge in [-0.1, -0.05) is 191 Å². The van der Waals surface area contributed by atoms with E-state index in [1.165, 1.54) is 32.5 Å². The van der Waals surface area contributed by atoms with Crippen LogP contribution in [-0.2, 0) is 32.5 Å². The molecule has 0 atom stereocenters. The largest absolute Gasteiger partial charge is 0.310 e. The molecule has 2 nitrogen and oxygen atoms in total. The first-order chi connectivity index (χ1) is 39.8. The van der Waals surface area contributed by atoms with Gasteiger partial charge in [-0.05, 0) is 132 Å². The Balaban J connectivity index is 1.64. The van der Waals surface area contributed by atoms with E-state index in [4.69, 9.17) is 0 Å². The number of anilines is 6. The molecule has 2 aliphatic heterocycles. The van der Waals surface area contributed by atoms with E-state index < -0.39 is 165 Å². The average Bonchev–Trinajstić information content (AvgIpc) is 1.29. The van der Waals surface area contributed by atoms with Crippen molar-refractivity contribution in [3.63, 3.8) is 0 Å². The molecule has 0 N–H and O–H groups in total. The average molecular weight is 955 g/mol. The van der Waals surface area contributed by atoms with Crippen LogP contribution in [-0.4, -0.2) is 6.71 Å². The van der Waals surface area contributed by atoms with E-state index in [-0.39, 0.29) is 72.6 Å². The predicted molar refractivity (Wildman–Crippen MR) is 304 cm³/mol. The van der Waals surface area contributed by atoms with E-state index in [9.17, 15) is 27.4 Å². The summed E-state index contributed by atoms with van der Waals surface area (Å²) >= 11 is 2.43. The lowest BCUT2D eigenvalue weighted by atomic mass is 9.36. The lowest BCUT2D eigenvalue weighted by Gasteiger charge is -2.43. The summed E-state index contributed by atoms with van der Waals surface area (Å²) in [6.07, 6.45) is 0. The van der Waals surface area contributed by atoms with Crippen LogP contribution in [0.2, 0.25) is 0 Å². The fourth-order valence-corrected chi connectivity index (χ4v) is 10.8. The quantitative estimate of drug-likeness (QED) is 0.162. The van der Waals surface area contributed by atoms with E-state index in [0.717, 1.165) is 4.88 Å². The third-order valence-electron chi connectivity index (χ3n) is 12.4. The van der Waals surface area contributed by atoms with Gasteiger partial charge >= 0.3 is 0 Å². The van der Waals surface area contributed by atoms with Gasteiger partial charge in [0, 0.05) is 41.1 Å². The molecule has 0 aliphatic carbocycles. The monoisotopic (exact) mass is 955 g/mol. The molecule has 0 fully saturated rings. The summed E-state index contributed by atoms with van der Waals surface area (Å²) in [4.78, 5) is 3.88. The molecule has 4 heterocycles. The standard InChI is InChI=1S/C63H75BN2S2/c1-38-32-50-55-51(33-38)66(49-31-29-44(61(11,12)13)35-46(49)40-22-26-42(27-23-40)59(5,6)7)57-47(36-53(68-57)62(14,15)16)64(55)56-52(37-54(67-56)63(17,18)19)65(50)48-30-28-43(60(8,9)10)34-45(48)39-20-24-41(25-21-39)58(2,3)4/h20-37H,1-19H3/i1D3,20D,21D,22D,23D,24D,25D,26D,27D,28D,29D,30D,31D,32D,33D,34D,35D,37D. The molecule has 0 spiro atoms. The molecule has 5 aromatic carbocycles. The molecule has 2 aliphatic rings. The zero-order chi connectivity index (χ0) is 66.7. The molecule has 0 radical (unpaired) electrons. The summed E-state index contributed by atoms with van der Waals surface area (Å²) in [7, 11) is 0. The van der Waals surface area contributed by atoms with Gasteiger partial charge in [-0.2, -0.15) is 11.3 Å². The zero-order valence-electron chi connectivity index (χ0n) is 62.9. The highest BCUT2D eigenvalue weighted by molar-refractivity contribution is 7.30. The lowest BCUT2D eigenvalue weighted by molar-refractivity contribution is 0.589. The fraction of sp³-hybridized carbons (Fsp3) is 0.397. The van der Waals surface area contributed by atoms with Crippen molar-refractivity contribution in [2.75, 3.05) is 9.80 Å². The van der Waals surface area contributed by atoms with Gasteiger partial charge in [0.2, 0.25) is 0 Å². The van der Waals surface area contributed by atoms with Crippen LogP contribution < -0.4 is 25.5 Å². The molecule has 0 amide bonds. The van der Waals surface area contributed by atoms with Gasteiger partial charge in [-0.25, -0.2) is 0 Å². The Morgan fingerprint density at radius 2 is 0.853 bits per heavy atom. The molecule has 0 unspecified atom stereocenters. The summed E-state index contributed by atoms with van der Waals surface area (Å²) in [6, 6.07) is -6.83. The number of rotatable bonds is 4. The molecular formula is C63H75BN2S2. The smallest absolute Gasteiger partial charge is 0.265 e. The third kappa shape index (κ3) is 8.52. The fourth-order valence-electron chi connectivity index (χ4n) is 8.29. The number of hydrogen-bond acceptors (Lipinski definition) is 4. The predicted octanol–water partition coefficient (Wildman–Crippen LogP) is 17.3. The van der Waals surface area contributed by atoms with Gasteiger partial charge in [0.15, 0.2) is 0 Å². The van der Waals surface area contributed by atoms with Crippen molar-refractivity contribution in [2.24, 2.45) is 0 Å². The normalized spacial score (nSPS) is 18.6. The highest BCUT2D eigenvalue weighted by Gasteiger charge is 2.47. The Morgan fingerprint density at radius 3 is 1.28 bits per heavy atom. The van der Waals surface area contributed by atoms with E-state index in [0.29, 0.717) is 15.1 Å². The Kier molecular flexibility index (Phi) is 6.96. The van der Waals surface area contributed by atoms with Crippen molar-refractivity contribution in [2.45, 2.75) is 164 Å². The molecule has 7 aromatic rings. The van der Waals surface area contributed by atoms with Crippen molar-refractivity contribution in [3.05, 3.63) is 146 Å². The Labute approximate surface area is 447 Å². The topological polar surface area (TPSA) is 6.48 Å². The van der Waals surface area contributed by atoms with Gasteiger partial charge < -0.3 is 9.80 Å². The summed E-state index contributed by atoms with van der Waals surface area (Å²) in [5.41, 5.74) is -8.73. The number of benzene rings is 5. The number of nitrogens with zero attached hydrogens (tertiary/aromatic N) is 2.